The minimum absolute atomic E-state index is 0.153. The Hall–Kier alpha value is -2.44. The van der Waals surface area contributed by atoms with Crippen LogP contribution in [0.25, 0.3) is 0 Å². The predicted octanol–water partition coefficient (Wildman–Crippen LogP) is 2.34. The van der Waals surface area contributed by atoms with E-state index >= 15 is 0 Å². The molecule has 2 aromatic rings. The number of amides is 1. The highest BCUT2D eigenvalue weighted by molar-refractivity contribution is 6.32. The van der Waals surface area contributed by atoms with Gasteiger partial charge in [-0.3, -0.25) is 4.79 Å². The number of pyridine rings is 1. The normalized spacial score (nSPS) is 14.8. The van der Waals surface area contributed by atoms with Gasteiger partial charge in [0.1, 0.15) is 5.15 Å². The van der Waals surface area contributed by atoms with E-state index in [-0.39, 0.29) is 5.15 Å². The Balaban J connectivity index is 1.58. The molecular weight excluding hydrogens is 328 g/mol. The Morgan fingerprint density at radius 1 is 1.25 bits per heavy atom. The van der Waals surface area contributed by atoms with Gasteiger partial charge in [-0.05, 0) is 29.8 Å². The van der Waals surface area contributed by atoms with Crippen LogP contribution in [0.3, 0.4) is 0 Å². The monoisotopic (exact) mass is 344 g/mol. The number of hydrogen-bond acceptors (Lipinski definition) is 5. The van der Waals surface area contributed by atoms with Crippen LogP contribution in [0.4, 0.5) is 5.69 Å². The predicted molar refractivity (Wildman–Crippen MR) is 93.8 cm³/mol. The van der Waals surface area contributed by atoms with Crippen molar-refractivity contribution in [2.45, 2.75) is 0 Å². The van der Waals surface area contributed by atoms with Crippen LogP contribution >= 0.6 is 11.6 Å². The maximum Gasteiger partial charge on any atom is 0.274 e. The third-order valence-electron chi connectivity index (χ3n) is 3.65. The number of ether oxygens (including phenoxy) is 1. The molecule has 0 radical (unpaired) electrons. The van der Waals surface area contributed by atoms with Crippen LogP contribution in [-0.2, 0) is 4.74 Å². The molecule has 1 N–H and O–H groups in total. The second-order valence-corrected chi connectivity index (χ2v) is 5.59. The Bertz CT molecular complexity index is 728. The van der Waals surface area contributed by atoms with Gasteiger partial charge in [-0.25, -0.2) is 10.4 Å². The summed E-state index contributed by atoms with van der Waals surface area (Å²) in [6.45, 7) is 3.31. The second-order valence-electron chi connectivity index (χ2n) is 5.23. The molecule has 1 fully saturated rings. The molecule has 6 nitrogen and oxygen atoms in total. The van der Waals surface area contributed by atoms with Crippen molar-refractivity contribution in [3.8, 4) is 0 Å². The average Bonchev–Trinajstić information content (AvgIpc) is 2.63. The van der Waals surface area contributed by atoms with Gasteiger partial charge in [0.25, 0.3) is 5.91 Å². The molecule has 24 heavy (non-hydrogen) atoms. The highest BCUT2D eigenvalue weighted by Crippen LogP contribution is 2.16. The van der Waals surface area contributed by atoms with E-state index < -0.39 is 5.91 Å². The molecule has 0 aliphatic carbocycles. The number of hydrazone groups is 1. The van der Waals surface area contributed by atoms with E-state index in [1.807, 2.05) is 24.3 Å². The van der Waals surface area contributed by atoms with Gasteiger partial charge in [-0.2, -0.15) is 5.10 Å². The van der Waals surface area contributed by atoms with Crippen LogP contribution in [0, 0.1) is 0 Å². The topological polar surface area (TPSA) is 66.8 Å². The standard InChI is InChI=1S/C17H17ClN4O2/c18-16-15(2-1-7-19-16)17(23)21-20-12-13-3-5-14(6-4-13)22-8-10-24-11-9-22/h1-7,12H,8-11H2,(H,21,23). The number of benzene rings is 1. The van der Waals surface area contributed by atoms with E-state index in [9.17, 15) is 4.79 Å². The lowest BCUT2D eigenvalue weighted by Crippen LogP contribution is -2.36. The summed E-state index contributed by atoms with van der Waals surface area (Å²) in [5, 5.41) is 4.11. The number of rotatable bonds is 4. The number of anilines is 1. The van der Waals surface area contributed by atoms with Gasteiger partial charge in [0, 0.05) is 25.0 Å². The fraction of sp³-hybridized carbons (Fsp3) is 0.235. The Morgan fingerprint density at radius 2 is 2.00 bits per heavy atom. The molecule has 7 heteroatoms. The molecule has 1 aromatic heterocycles. The van der Waals surface area contributed by atoms with E-state index in [4.69, 9.17) is 16.3 Å². The molecule has 124 valence electrons. The van der Waals surface area contributed by atoms with Crippen LogP contribution in [0.2, 0.25) is 5.15 Å². The zero-order valence-electron chi connectivity index (χ0n) is 13.0. The minimum Gasteiger partial charge on any atom is -0.378 e. The number of aromatic nitrogens is 1. The minimum atomic E-state index is -0.394. The first-order chi connectivity index (χ1) is 11.7. The summed E-state index contributed by atoms with van der Waals surface area (Å²) in [5.74, 6) is -0.394. The molecule has 0 bridgehead atoms. The summed E-state index contributed by atoms with van der Waals surface area (Å²) in [4.78, 5) is 18.1. The van der Waals surface area contributed by atoms with Crippen molar-refractivity contribution in [3.63, 3.8) is 0 Å². The number of hydrogen-bond donors (Lipinski definition) is 1. The lowest BCUT2D eigenvalue weighted by Gasteiger charge is -2.28. The van der Waals surface area contributed by atoms with E-state index in [0.717, 1.165) is 37.6 Å². The molecule has 0 spiro atoms. The lowest BCUT2D eigenvalue weighted by atomic mass is 10.2. The molecule has 1 aliphatic rings. The summed E-state index contributed by atoms with van der Waals surface area (Å²) < 4.78 is 5.35. The largest absolute Gasteiger partial charge is 0.378 e. The molecule has 0 unspecified atom stereocenters. The third-order valence-corrected chi connectivity index (χ3v) is 3.95. The second kappa shape index (κ2) is 7.90. The first kappa shape index (κ1) is 16.4. The highest BCUT2D eigenvalue weighted by atomic mass is 35.5. The van der Waals surface area contributed by atoms with E-state index in [1.165, 1.54) is 6.20 Å². The Kier molecular flexibility index (Phi) is 5.40. The quantitative estimate of drug-likeness (QED) is 0.525. The molecule has 1 aromatic carbocycles. The molecule has 1 amide bonds. The summed E-state index contributed by atoms with van der Waals surface area (Å²) in [5.41, 5.74) is 4.78. The van der Waals surface area contributed by atoms with E-state index in [2.05, 4.69) is 20.4 Å². The number of nitrogens with zero attached hydrogens (tertiary/aromatic N) is 3. The number of halogens is 1. The van der Waals surface area contributed by atoms with Crippen LogP contribution in [0.5, 0.6) is 0 Å². The van der Waals surface area contributed by atoms with Crippen LogP contribution < -0.4 is 10.3 Å². The van der Waals surface area contributed by atoms with Crippen molar-refractivity contribution in [3.05, 3.63) is 58.9 Å². The van der Waals surface area contributed by atoms with Crippen molar-refractivity contribution in [2.24, 2.45) is 5.10 Å². The molecule has 3 rings (SSSR count). The van der Waals surface area contributed by atoms with Crippen molar-refractivity contribution < 1.29 is 9.53 Å². The van der Waals surface area contributed by atoms with Gasteiger partial charge in [0.05, 0.1) is 25.0 Å². The smallest absolute Gasteiger partial charge is 0.274 e. The van der Waals surface area contributed by atoms with Crippen LogP contribution in [-0.4, -0.2) is 43.4 Å². The summed E-state index contributed by atoms with van der Waals surface area (Å²) in [7, 11) is 0. The van der Waals surface area contributed by atoms with Gasteiger partial charge in [-0.15, -0.1) is 0 Å². The van der Waals surface area contributed by atoms with Crippen LogP contribution in [0.15, 0.2) is 47.7 Å². The Labute approximate surface area is 145 Å². The molecule has 0 saturated carbocycles. The Morgan fingerprint density at radius 3 is 2.71 bits per heavy atom. The van der Waals surface area contributed by atoms with E-state index in [0.29, 0.717) is 5.56 Å². The molecule has 0 atom stereocenters. The number of morpholine rings is 1. The van der Waals surface area contributed by atoms with Gasteiger partial charge >= 0.3 is 0 Å². The molecule has 2 heterocycles. The first-order valence-electron chi connectivity index (χ1n) is 7.61. The van der Waals surface area contributed by atoms with Crippen molar-refractivity contribution in [2.75, 3.05) is 31.2 Å². The lowest BCUT2D eigenvalue weighted by molar-refractivity contribution is 0.0955. The SMILES string of the molecule is O=C(NN=Cc1ccc(N2CCOCC2)cc1)c1cccnc1Cl. The zero-order valence-corrected chi connectivity index (χ0v) is 13.7. The fourth-order valence-corrected chi connectivity index (χ4v) is 2.58. The van der Waals surface area contributed by atoms with Gasteiger partial charge in [0.15, 0.2) is 0 Å². The zero-order chi connectivity index (χ0) is 16.8. The fourth-order valence-electron chi connectivity index (χ4n) is 2.37. The van der Waals surface area contributed by atoms with Crippen molar-refractivity contribution in [1.29, 1.82) is 0 Å². The number of carbonyl (C=O) groups excluding carboxylic acids is 1. The summed E-state index contributed by atoms with van der Waals surface area (Å²) in [6.07, 6.45) is 3.11. The van der Waals surface area contributed by atoms with E-state index in [1.54, 1.807) is 18.3 Å². The third kappa shape index (κ3) is 4.10. The highest BCUT2D eigenvalue weighted by Gasteiger charge is 2.11. The summed E-state index contributed by atoms with van der Waals surface area (Å²) in [6, 6.07) is 11.2. The first-order valence-corrected chi connectivity index (χ1v) is 7.98. The molecular formula is C17H17ClN4O2. The average molecular weight is 345 g/mol. The van der Waals surface area contributed by atoms with Gasteiger partial charge < -0.3 is 9.64 Å². The number of carbonyl (C=O) groups is 1. The molecule has 1 saturated heterocycles. The van der Waals surface area contributed by atoms with Crippen LogP contribution in [0.1, 0.15) is 15.9 Å². The van der Waals surface area contributed by atoms with Gasteiger partial charge in [-0.1, -0.05) is 23.7 Å². The number of nitrogens with one attached hydrogen (secondary N) is 1. The maximum atomic E-state index is 11.9. The van der Waals surface area contributed by atoms with Gasteiger partial charge in [0.2, 0.25) is 0 Å². The van der Waals surface area contributed by atoms with Crippen molar-refractivity contribution >= 4 is 29.4 Å². The summed E-state index contributed by atoms with van der Waals surface area (Å²) >= 11 is 5.87. The van der Waals surface area contributed by atoms with Crippen molar-refractivity contribution in [1.82, 2.24) is 10.4 Å². The maximum absolute atomic E-state index is 11.9. The molecule has 1 aliphatic heterocycles.